The van der Waals surface area contributed by atoms with Crippen molar-refractivity contribution in [1.82, 2.24) is 9.97 Å². The van der Waals surface area contributed by atoms with Gasteiger partial charge in [0.25, 0.3) is 0 Å². The Balaban J connectivity index is 2.33. The van der Waals surface area contributed by atoms with E-state index in [0.717, 1.165) is 12.3 Å². The zero-order chi connectivity index (χ0) is 14.8. The zero-order valence-corrected chi connectivity index (χ0v) is 10.4. The molecule has 102 valence electrons. The van der Waals surface area contributed by atoms with E-state index in [0.29, 0.717) is 11.3 Å². The standard InChI is InChI=1S/C13H9F3N4/c1-20(10-4-2-9(8-17)3-5-10)12-18-7-6-11(19-12)13(14,15)16/h2-7H,1H3. The Labute approximate surface area is 113 Å². The summed E-state index contributed by atoms with van der Waals surface area (Å²) in [5.41, 5.74) is 0.0541. The van der Waals surface area contributed by atoms with Crippen molar-refractivity contribution in [3.63, 3.8) is 0 Å². The highest BCUT2D eigenvalue weighted by Gasteiger charge is 2.33. The van der Waals surface area contributed by atoms with E-state index >= 15 is 0 Å². The number of hydrogen-bond acceptors (Lipinski definition) is 4. The average Bonchev–Trinajstić information content (AvgIpc) is 2.46. The molecule has 0 aliphatic carbocycles. The molecule has 0 aliphatic heterocycles. The van der Waals surface area contributed by atoms with Crippen LogP contribution in [0.3, 0.4) is 0 Å². The maximum atomic E-state index is 12.6. The van der Waals surface area contributed by atoms with Gasteiger partial charge in [-0.05, 0) is 30.3 Å². The van der Waals surface area contributed by atoms with Crippen LogP contribution in [0.1, 0.15) is 11.3 Å². The first-order valence-electron chi connectivity index (χ1n) is 5.56. The maximum Gasteiger partial charge on any atom is 0.433 e. The van der Waals surface area contributed by atoms with Crippen LogP contribution in [0.2, 0.25) is 0 Å². The molecule has 0 amide bonds. The van der Waals surface area contributed by atoms with E-state index in [-0.39, 0.29) is 5.95 Å². The summed E-state index contributed by atoms with van der Waals surface area (Å²) in [6, 6.07) is 9.14. The molecule has 2 aromatic rings. The fourth-order valence-corrected chi connectivity index (χ4v) is 1.54. The van der Waals surface area contributed by atoms with E-state index in [2.05, 4.69) is 9.97 Å². The second kappa shape index (κ2) is 5.17. The summed E-state index contributed by atoms with van der Waals surface area (Å²) >= 11 is 0. The van der Waals surface area contributed by atoms with E-state index in [1.54, 1.807) is 31.3 Å². The first-order chi connectivity index (χ1) is 9.41. The van der Waals surface area contributed by atoms with Crippen molar-refractivity contribution >= 4 is 11.6 Å². The molecule has 0 radical (unpaired) electrons. The number of nitrogens with zero attached hydrogens (tertiary/aromatic N) is 4. The van der Waals surface area contributed by atoms with Crippen LogP contribution in [0.5, 0.6) is 0 Å². The fraction of sp³-hybridized carbons (Fsp3) is 0.154. The first kappa shape index (κ1) is 13.8. The Morgan fingerprint density at radius 3 is 2.35 bits per heavy atom. The molecule has 0 fully saturated rings. The summed E-state index contributed by atoms with van der Waals surface area (Å²) in [7, 11) is 1.55. The van der Waals surface area contributed by atoms with E-state index in [4.69, 9.17) is 5.26 Å². The lowest BCUT2D eigenvalue weighted by Gasteiger charge is -2.18. The second-order valence-electron chi connectivity index (χ2n) is 3.96. The first-order valence-corrected chi connectivity index (χ1v) is 5.56. The Hall–Kier alpha value is -2.62. The predicted molar refractivity (Wildman–Crippen MR) is 66.3 cm³/mol. The Bertz CT molecular complexity index is 644. The average molecular weight is 278 g/mol. The molecule has 7 heteroatoms. The molecule has 0 atom stereocenters. The molecule has 0 saturated heterocycles. The third kappa shape index (κ3) is 2.85. The normalized spacial score (nSPS) is 10.9. The summed E-state index contributed by atoms with van der Waals surface area (Å²) in [6.07, 6.45) is -3.45. The van der Waals surface area contributed by atoms with Crippen molar-refractivity contribution in [2.24, 2.45) is 0 Å². The number of aromatic nitrogens is 2. The largest absolute Gasteiger partial charge is 0.433 e. The number of anilines is 2. The van der Waals surface area contributed by atoms with Crippen LogP contribution in [-0.4, -0.2) is 17.0 Å². The molecule has 1 aromatic heterocycles. The van der Waals surface area contributed by atoms with Gasteiger partial charge in [-0.3, -0.25) is 0 Å². The van der Waals surface area contributed by atoms with Crippen molar-refractivity contribution in [1.29, 1.82) is 5.26 Å². The minimum Gasteiger partial charge on any atom is -0.314 e. The van der Waals surface area contributed by atoms with Gasteiger partial charge in [-0.15, -0.1) is 0 Å². The predicted octanol–water partition coefficient (Wildman–Crippen LogP) is 3.13. The van der Waals surface area contributed by atoms with Crippen molar-refractivity contribution in [2.75, 3.05) is 11.9 Å². The van der Waals surface area contributed by atoms with Gasteiger partial charge in [0.05, 0.1) is 11.6 Å². The summed E-state index contributed by atoms with van der Waals surface area (Å²) < 4.78 is 37.8. The Morgan fingerprint density at radius 2 is 1.80 bits per heavy atom. The van der Waals surface area contributed by atoms with Gasteiger partial charge in [-0.1, -0.05) is 0 Å². The number of benzene rings is 1. The molecule has 20 heavy (non-hydrogen) atoms. The molecule has 0 N–H and O–H groups in total. The highest BCUT2D eigenvalue weighted by atomic mass is 19.4. The molecular weight excluding hydrogens is 269 g/mol. The fourth-order valence-electron chi connectivity index (χ4n) is 1.54. The molecule has 0 aliphatic rings. The minimum absolute atomic E-state index is 0.0652. The van der Waals surface area contributed by atoms with Gasteiger partial charge >= 0.3 is 6.18 Å². The lowest BCUT2D eigenvalue weighted by atomic mass is 10.2. The molecule has 1 heterocycles. The van der Waals surface area contributed by atoms with Crippen LogP contribution in [-0.2, 0) is 6.18 Å². The topological polar surface area (TPSA) is 52.8 Å². The summed E-state index contributed by atoms with van der Waals surface area (Å²) in [5, 5.41) is 8.70. The number of nitriles is 1. The highest BCUT2D eigenvalue weighted by Crippen LogP contribution is 2.29. The van der Waals surface area contributed by atoms with Crippen LogP contribution in [0, 0.1) is 11.3 Å². The monoisotopic (exact) mass is 278 g/mol. The third-order valence-corrected chi connectivity index (χ3v) is 2.62. The van der Waals surface area contributed by atoms with Crippen molar-refractivity contribution in [2.45, 2.75) is 6.18 Å². The Morgan fingerprint density at radius 1 is 1.15 bits per heavy atom. The summed E-state index contributed by atoms with van der Waals surface area (Å²) in [5.74, 6) is -0.0652. The van der Waals surface area contributed by atoms with E-state index in [9.17, 15) is 13.2 Å². The number of alkyl halides is 3. The van der Waals surface area contributed by atoms with Gasteiger partial charge in [0, 0.05) is 18.9 Å². The third-order valence-electron chi connectivity index (χ3n) is 2.62. The highest BCUT2D eigenvalue weighted by molar-refractivity contribution is 5.57. The van der Waals surface area contributed by atoms with Crippen molar-refractivity contribution in [3.05, 3.63) is 47.8 Å². The SMILES string of the molecule is CN(c1ccc(C#N)cc1)c1nccc(C(F)(F)F)n1. The van der Waals surface area contributed by atoms with Crippen LogP contribution in [0.15, 0.2) is 36.5 Å². The van der Waals surface area contributed by atoms with E-state index in [1.807, 2.05) is 6.07 Å². The molecule has 0 saturated carbocycles. The van der Waals surface area contributed by atoms with E-state index < -0.39 is 11.9 Å². The Kier molecular flexibility index (Phi) is 3.57. The molecule has 4 nitrogen and oxygen atoms in total. The maximum absolute atomic E-state index is 12.6. The summed E-state index contributed by atoms with van der Waals surface area (Å²) in [4.78, 5) is 8.72. The summed E-state index contributed by atoms with van der Waals surface area (Å²) in [6.45, 7) is 0. The van der Waals surface area contributed by atoms with E-state index in [1.165, 1.54) is 4.90 Å². The van der Waals surface area contributed by atoms with Crippen LogP contribution in [0.25, 0.3) is 0 Å². The van der Waals surface area contributed by atoms with Crippen LogP contribution in [0.4, 0.5) is 24.8 Å². The van der Waals surface area contributed by atoms with Gasteiger partial charge in [0.1, 0.15) is 5.69 Å². The lowest BCUT2D eigenvalue weighted by Crippen LogP contribution is -2.16. The number of rotatable bonds is 2. The van der Waals surface area contributed by atoms with Gasteiger partial charge in [-0.2, -0.15) is 18.4 Å². The quantitative estimate of drug-likeness (QED) is 0.846. The van der Waals surface area contributed by atoms with Crippen LogP contribution >= 0.6 is 0 Å². The smallest absolute Gasteiger partial charge is 0.314 e. The second-order valence-corrected chi connectivity index (χ2v) is 3.96. The molecule has 0 unspecified atom stereocenters. The molecule has 2 rings (SSSR count). The molecule has 0 spiro atoms. The number of halogens is 3. The van der Waals surface area contributed by atoms with Gasteiger partial charge < -0.3 is 4.90 Å². The van der Waals surface area contributed by atoms with Crippen LogP contribution < -0.4 is 4.90 Å². The van der Waals surface area contributed by atoms with Gasteiger partial charge in [-0.25, -0.2) is 9.97 Å². The zero-order valence-electron chi connectivity index (χ0n) is 10.4. The van der Waals surface area contributed by atoms with Crippen molar-refractivity contribution in [3.8, 4) is 6.07 Å². The molecular formula is C13H9F3N4. The minimum atomic E-state index is -4.51. The van der Waals surface area contributed by atoms with Crippen molar-refractivity contribution < 1.29 is 13.2 Å². The number of hydrogen-bond donors (Lipinski definition) is 0. The molecule has 1 aromatic carbocycles. The molecule has 0 bridgehead atoms. The lowest BCUT2D eigenvalue weighted by molar-refractivity contribution is -0.141. The van der Waals surface area contributed by atoms with Gasteiger partial charge in [0.15, 0.2) is 0 Å². The van der Waals surface area contributed by atoms with Gasteiger partial charge in [0.2, 0.25) is 5.95 Å².